The molecule has 0 bridgehead atoms. The molecule has 5 rings (SSSR count). The Kier molecular flexibility index (Phi) is 5.68. The van der Waals surface area contributed by atoms with Gasteiger partial charge in [-0.2, -0.15) is 0 Å². The van der Waals surface area contributed by atoms with Crippen LogP contribution in [-0.2, 0) is 4.74 Å². The van der Waals surface area contributed by atoms with E-state index in [1.54, 1.807) is 11.8 Å². The highest BCUT2D eigenvalue weighted by atomic mass is 32.2. The van der Waals surface area contributed by atoms with Crippen LogP contribution in [0, 0.1) is 0 Å². The third-order valence-electron chi connectivity index (χ3n) is 5.02. The molecule has 1 aliphatic rings. The fraction of sp³-hybridized carbons (Fsp3) is 0.273. The first-order valence-electron chi connectivity index (χ1n) is 10.2. The van der Waals surface area contributed by atoms with Crippen molar-refractivity contribution in [1.82, 2.24) is 25.0 Å². The normalized spacial score (nSPS) is 15.2. The molecule has 0 spiro atoms. The Balaban J connectivity index is 1.44. The zero-order valence-corrected chi connectivity index (χ0v) is 17.9. The molecule has 0 N–H and O–H groups in total. The highest BCUT2D eigenvalue weighted by molar-refractivity contribution is 7.99. The highest BCUT2D eigenvalue weighted by Gasteiger charge is 2.25. The van der Waals surface area contributed by atoms with Crippen molar-refractivity contribution in [2.75, 3.05) is 31.2 Å². The Morgan fingerprint density at radius 1 is 0.871 bits per heavy atom. The molecule has 4 aromatic rings. The van der Waals surface area contributed by atoms with Gasteiger partial charge < -0.3 is 14.1 Å². The molecule has 1 aliphatic heterocycles. The zero-order chi connectivity index (χ0) is 21.0. The van der Waals surface area contributed by atoms with Crippen LogP contribution >= 0.6 is 11.8 Å². The zero-order valence-electron chi connectivity index (χ0n) is 17.1. The van der Waals surface area contributed by atoms with Gasteiger partial charge in [-0.15, -0.1) is 20.4 Å². The molecule has 158 valence electrons. The second-order valence-corrected chi connectivity index (χ2v) is 8.43. The fourth-order valence-electron chi connectivity index (χ4n) is 3.41. The molecule has 31 heavy (non-hydrogen) atoms. The largest absolute Gasteiger partial charge is 0.419 e. The third-order valence-corrected chi connectivity index (χ3v) is 6.05. The molecule has 0 saturated carbocycles. The number of thioether (sulfide) groups is 1. The number of ether oxygens (including phenoxy) is 1. The Morgan fingerprint density at radius 3 is 2.32 bits per heavy atom. The molecule has 0 aliphatic carbocycles. The quantitative estimate of drug-likeness (QED) is 0.421. The van der Waals surface area contributed by atoms with Crippen LogP contribution in [0.1, 0.15) is 18.1 Å². The van der Waals surface area contributed by atoms with Gasteiger partial charge in [0, 0.05) is 18.7 Å². The van der Waals surface area contributed by atoms with E-state index in [1.807, 2.05) is 55.5 Å². The van der Waals surface area contributed by atoms with Gasteiger partial charge in [0.2, 0.25) is 17.7 Å². The van der Waals surface area contributed by atoms with E-state index in [-0.39, 0.29) is 5.25 Å². The summed E-state index contributed by atoms with van der Waals surface area (Å²) in [6.45, 7) is 4.98. The Hall–Kier alpha value is -3.17. The number of rotatable bonds is 6. The van der Waals surface area contributed by atoms with E-state index in [0.29, 0.717) is 25.0 Å². The van der Waals surface area contributed by atoms with Gasteiger partial charge in [-0.05, 0) is 31.2 Å². The number of para-hydroxylation sites is 1. The van der Waals surface area contributed by atoms with Crippen molar-refractivity contribution in [3.05, 3.63) is 66.6 Å². The topological polar surface area (TPSA) is 82.1 Å². The van der Waals surface area contributed by atoms with E-state index in [0.717, 1.165) is 35.4 Å². The van der Waals surface area contributed by atoms with Gasteiger partial charge in [-0.1, -0.05) is 48.2 Å². The third kappa shape index (κ3) is 4.19. The maximum Gasteiger partial charge on any atom is 0.247 e. The highest BCUT2D eigenvalue weighted by Crippen LogP contribution is 2.37. The van der Waals surface area contributed by atoms with Crippen molar-refractivity contribution in [3.8, 4) is 17.1 Å². The lowest BCUT2D eigenvalue weighted by atomic mass is 10.2. The summed E-state index contributed by atoms with van der Waals surface area (Å²) in [7, 11) is 0. The minimum Gasteiger partial charge on any atom is -0.419 e. The Bertz CT molecular complexity index is 1130. The summed E-state index contributed by atoms with van der Waals surface area (Å²) in [5, 5.41) is 18.2. The molecule has 1 fully saturated rings. The van der Waals surface area contributed by atoms with E-state index in [9.17, 15) is 0 Å². The molecule has 0 amide bonds. The molecule has 0 radical (unpaired) electrons. The number of benzene rings is 2. The number of nitrogens with zero attached hydrogens (tertiary/aromatic N) is 6. The van der Waals surface area contributed by atoms with Gasteiger partial charge in [0.1, 0.15) is 0 Å². The second-order valence-electron chi connectivity index (χ2n) is 7.12. The molecule has 9 heteroatoms. The summed E-state index contributed by atoms with van der Waals surface area (Å²) >= 11 is 1.55. The van der Waals surface area contributed by atoms with Gasteiger partial charge in [-0.3, -0.25) is 4.57 Å². The van der Waals surface area contributed by atoms with Gasteiger partial charge in [0.05, 0.1) is 24.2 Å². The van der Waals surface area contributed by atoms with Crippen LogP contribution in [0.25, 0.3) is 17.1 Å². The molecule has 8 nitrogen and oxygen atoms in total. The monoisotopic (exact) mass is 434 g/mol. The van der Waals surface area contributed by atoms with Gasteiger partial charge in [0.25, 0.3) is 0 Å². The Morgan fingerprint density at radius 2 is 1.58 bits per heavy atom. The molecule has 1 atom stereocenters. The van der Waals surface area contributed by atoms with E-state index in [1.165, 1.54) is 0 Å². The average molecular weight is 435 g/mol. The first-order valence-corrected chi connectivity index (χ1v) is 11.1. The summed E-state index contributed by atoms with van der Waals surface area (Å²) in [5.41, 5.74) is 1.92. The van der Waals surface area contributed by atoms with Crippen LogP contribution in [0.4, 0.5) is 5.95 Å². The number of morpholine rings is 1. The molecule has 2 aromatic carbocycles. The smallest absolute Gasteiger partial charge is 0.247 e. The lowest BCUT2D eigenvalue weighted by molar-refractivity contribution is 0.122. The van der Waals surface area contributed by atoms with E-state index >= 15 is 0 Å². The molecule has 2 aromatic heterocycles. The average Bonchev–Trinajstić information content (AvgIpc) is 3.49. The molecule has 1 saturated heterocycles. The van der Waals surface area contributed by atoms with Crippen LogP contribution < -0.4 is 4.90 Å². The maximum absolute atomic E-state index is 5.94. The lowest BCUT2D eigenvalue weighted by Crippen LogP contribution is -2.37. The minimum absolute atomic E-state index is 0.0887. The minimum atomic E-state index is -0.0887. The molecule has 1 unspecified atom stereocenters. The van der Waals surface area contributed by atoms with Crippen molar-refractivity contribution in [2.45, 2.75) is 17.3 Å². The molecule has 3 heterocycles. The van der Waals surface area contributed by atoms with Crippen molar-refractivity contribution in [3.63, 3.8) is 0 Å². The first kappa shape index (κ1) is 19.8. The number of hydrogen-bond acceptors (Lipinski definition) is 8. The lowest BCUT2D eigenvalue weighted by Gasteiger charge is -2.28. The van der Waals surface area contributed by atoms with Crippen molar-refractivity contribution in [2.24, 2.45) is 0 Å². The van der Waals surface area contributed by atoms with Crippen LogP contribution in [0.2, 0.25) is 0 Å². The second kappa shape index (κ2) is 8.91. The van der Waals surface area contributed by atoms with Gasteiger partial charge in [-0.25, -0.2) is 0 Å². The van der Waals surface area contributed by atoms with Crippen LogP contribution in [-0.4, -0.2) is 51.3 Å². The SMILES string of the molecule is CC(Sc1nnc(N2CCOCC2)n1-c1ccccc1)c1nnc(-c2ccccc2)o1. The van der Waals surface area contributed by atoms with E-state index in [4.69, 9.17) is 9.15 Å². The van der Waals surface area contributed by atoms with Crippen molar-refractivity contribution in [1.29, 1.82) is 0 Å². The number of anilines is 1. The first-order chi connectivity index (χ1) is 15.3. The summed E-state index contributed by atoms with van der Waals surface area (Å²) in [6, 6.07) is 19.9. The maximum atomic E-state index is 5.94. The van der Waals surface area contributed by atoms with Crippen molar-refractivity contribution < 1.29 is 9.15 Å². The predicted molar refractivity (Wildman–Crippen MR) is 118 cm³/mol. The van der Waals surface area contributed by atoms with Gasteiger partial charge in [0.15, 0.2) is 5.16 Å². The summed E-state index contributed by atoms with van der Waals surface area (Å²) in [6.07, 6.45) is 0. The van der Waals surface area contributed by atoms with E-state index in [2.05, 4.69) is 42.0 Å². The van der Waals surface area contributed by atoms with Crippen LogP contribution in [0.15, 0.2) is 70.2 Å². The van der Waals surface area contributed by atoms with Crippen LogP contribution in [0.5, 0.6) is 0 Å². The van der Waals surface area contributed by atoms with E-state index < -0.39 is 0 Å². The van der Waals surface area contributed by atoms with Gasteiger partial charge >= 0.3 is 0 Å². The van der Waals surface area contributed by atoms with Crippen molar-refractivity contribution >= 4 is 17.7 Å². The van der Waals surface area contributed by atoms with Crippen LogP contribution in [0.3, 0.4) is 0 Å². The summed E-state index contributed by atoms with van der Waals surface area (Å²) in [4.78, 5) is 2.21. The fourth-order valence-corrected chi connectivity index (χ4v) is 4.31. The number of aromatic nitrogens is 5. The standard InChI is InChI=1S/C22H22N6O2S/c1-16(19-23-24-20(30-19)17-8-4-2-5-9-17)31-22-26-25-21(27-12-14-29-15-13-27)28(22)18-10-6-3-7-11-18/h2-11,16H,12-15H2,1H3. The summed E-state index contributed by atoms with van der Waals surface area (Å²) in [5.74, 6) is 1.89. The molecular formula is C22H22N6O2S. The predicted octanol–water partition coefficient (Wildman–Crippen LogP) is 4.01. The number of hydrogen-bond donors (Lipinski definition) is 0. The Labute approximate surface area is 184 Å². The summed E-state index contributed by atoms with van der Waals surface area (Å²) < 4.78 is 13.5. The molecular weight excluding hydrogens is 412 g/mol.